The van der Waals surface area contributed by atoms with Gasteiger partial charge in [-0.25, -0.2) is 4.98 Å². The predicted octanol–water partition coefficient (Wildman–Crippen LogP) is 5.21. The third-order valence-corrected chi connectivity index (χ3v) is 5.75. The number of hydrogen-bond donors (Lipinski definition) is 1. The summed E-state index contributed by atoms with van der Waals surface area (Å²) in [6, 6.07) is 10.9. The Morgan fingerprint density at radius 1 is 1.19 bits per heavy atom. The summed E-state index contributed by atoms with van der Waals surface area (Å²) in [6.45, 7) is 0. The molecule has 0 amide bonds. The number of benzene rings is 2. The zero-order valence-electron chi connectivity index (χ0n) is 10.4. The van der Waals surface area contributed by atoms with E-state index in [2.05, 4.69) is 11.1 Å². The largest absolute Gasteiger partial charge is 0.399 e. The van der Waals surface area contributed by atoms with Crippen molar-refractivity contribution in [3.63, 3.8) is 0 Å². The molecule has 1 aromatic heterocycles. The van der Waals surface area contributed by atoms with Gasteiger partial charge in [-0.3, -0.25) is 0 Å². The summed E-state index contributed by atoms with van der Waals surface area (Å²) in [6.07, 6.45) is 0. The van der Waals surface area contributed by atoms with Crippen molar-refractivity contribution in [1.29, 1.82) is 5.26 Å². The molecule has 7 heteroatoms. The highest BCUT2D eigenvalue weighted by Crippen LogP contribution is 2.42. The van der Waals surface area contributed by atoms with E-state index in [1.807, 2.05) is 12.1 Å². The van der Waals surface area contributed by atoms with Crippen molar-refractivity contribution in [3.8, 4) is 6.07 Å². The number of fused-ring (bicyclic) bond motifs is 1. The number of rotatable bonds is 2. The second-order valence-corrected chi connectivity index (χ2v) is 7.29. The fourth-order valence-corrected chi connectivity index (χ4v) is 4.57. The number of halogens is 2. The van der Waals surface area contributed by atoms with E-state index in [0.29, 0.717) is 21.3 Å². The molecular weight excluding hydrogens is 345 g/mol. The maximum absolute atomic E-state index is 8.92. The van der Waals surface area contributed by atoms with Gasteiger partial charge in [0.25, 0.3) is 0 Å². The van der Waals surface area contributed by atoms with Crippen molar-refractivity contribution < 1.29 is 0 Å². The zero-order valence-corrected chi connectivity index (χ0v) is 13.6. The number of nitrogens with zero attached hydrogens (tertiary/aromatic N) is 2. The fraction of sp³-hybridized carbons (Fsp3) is 0. The Morgan fingerprint density at radius 2 is 1.90 bits per heavy atom. The molecule has 0 aliphatic heterocycles. The van der Waals surface area contributed by atoms with E-state index in [1.165, 1.54) is 23.1 Å². The molecule has 0 radical (unpaired) electrons. The molecule has 0 atom stereocenters. The smallest absolute Gasteiger partial charge is 0.156 e. The average Bonchev–Trinajstić information content (AvgIpc) is 2.84. The van der Waals surface area contributed by atoms with Crippen LogP contribution in [-0.4, -0.2) is 4.98 Å². The lowest BCUT2D eigenvalue weighted by Gasteiger charge is -2.05. The molecule has 2 aromatic carbocycles. The molecule has 3 rings (SSSR count). The minimum absolute atomic E-state index is 0.502. The van der Waals surface area contributed by atoms with E-state index in [4.69, 9.17) is 34.2 Å². The molecule has 0 bridgehead atoms. The zero-order chi connectivity index (χ0) is 15.0. The van der Waals surface area contributed by atoms with Gasteiger partial charge in [0.1, 0.15) is 0 Å². The summed E-state index contributed by atoms with van der Waals surface area (Å²) < 4.78 is 1.77. The van der Waals surface area contributed by atoms with Gasteiger partial charge in [0, 0.05) is 5.69 Å². The highest BCUT2D eigenvalue weighted by Gasteiger charge is 2.12. The van der Waals surface area contributed by atoms with Gasteiger partial charge >= 0.3 is 0 Å². The van der Waals surface area contributed by atoms with E-state index in [0.717, 1.165) is 19.5 Å². The topological polar surface area (TPSA) is 62.7 Å². The lowest BCUT2D eigenvalue weighted by Crippen LogP contribution is -1.86. The van der Waals surface area contributed by atoms with Crippen LogP contribution in [0.3, 0.4) is 0 Å². The quantitative estimate of drug-likeness (QED) is 0.643. The monoisotopic (exact) mass is 351 g/mol. The second kappa shape index (κ2) is 5.74. The molecule has 0 unspecified atom stereocenters. The molecule has 0 saturated heterocycles. The van der Waals surface area contributed by atoms with Gasteiger partial charge in [0.05, 0.1) is 36.8 Å². The Kier molecular flexibility index (Phi) is 3.96. The molecule has 21 heavy (non-hydrogen) atoms. The van der Waals surface area contributed by atoms with E-state index in [1.54, 1.807) is 18.2 Å². The van der Waals surface area contributed by atoms with E-state index in [9.17, 15) is 0 Å². The van der Waals surface area contributed by atoms with Crippen LogP contribution < -0.4 is 5.73 Å². The number of nitrogens with two attached hydrogens (primary N) is 1. The predicted molar refractivity (Wildman–Crippen MR) is 89.3 cm³/mol. The van der Waals surface area contributed by atoms with Gasteiger partial charge in [-0.15, -0.1) is 11.3 Å². The average molecular weight is 352 g/mol. The molecule has 0 fully saturated rings. The molecule has 3 nitrogen and oxygen atoms in total. The third-order valence-electron chi connectivity index (χ3n) is 2.71. The Labute approximate surface area is 139 Å². The second-order valence-electron chi connectivity index (χ2n) is 4.19. The first kappa shape index (κ1) is 14.5. The standard InChI is InChI=1S/C14H7Cl2N3S2/c15-9-4-8(18)5-10(16)13(9)21-14-19-11-2-1-7(6-17)3-12(11)20-14/h1-5H,18H2. The first-order chi connectivity index (χ1) is 10.1. The SMILES string of the molecule is N#Cc1ccc2nc(Sc3c(Cl)cc(N)cc3Cl)sc2c1. The van der Waals surface area contributed by atoms with E-state index in [-0.39, 0.29) is 0 Å². The highest BCUT2D eigenvalue weighted by molar-refractivity contribution is 8.01. The number of nitrogen functional groups attached to an aromatic ring is 1. The lowest BCUT2D eigenvalue weighted by molar-refractivity contribution is 1.29. The van der Waals surface area contributed by atoms with Crippen LogP contribution in [0, 0.1) is 11.3 Å². The Balaban J connectivity index is 2.01. The van der Waals surface area contributed by atoms with Crippen LogP contribution in [0.5, 0.6) is 0 Å². The van der Waals surface area contributed by atoms with Crippen molar-refractivity contribution in [2.75, 3.05) is 5.73 Å². The van der Waals surface area contributed by atoms with Gasteiger partial charge in [-0.05, 0) is 30.3 Å². The van der Waals surface area contributed by atoms with Crippen LogP contribution in [0.1, 0.15) is 5.56 Å². The number of thiazole rings is 1. The van der Waals surface area contributed by atoms with Crippen LogP contribution in [-0.2, 0) is 0 Å². The summed E-state index contributed by atoms with van der Waals surface area (Å²) in [5.74, 6) is 0. The van der Waals surface area contributed by atoms with Crippen LogP contribution in [0.15, 0.2) is 39.6 Å². The van der Waals surface area contributed by atoms with Crippen molar-refractivity contribution in [2.45, 2.75) is 9.24 Å². The van der Waals surface area contributed by atoms with Crippen LogP contribution in [0.25, 0.3) is 10.2 Å². The fourth-order valence-electron chi connectivity index (χ4n) is 1.78. The number of nitriles is 1. The van der Waals surface area contributed by atoms with E-state index >= 15 is 0 Å². The van der Waals surface area contributed by atoms with Gasteiger partial charge in [0.15, 0.2) is 4.34 Å². The lowest BCUT2D eigenvalue weighted by atomic mass is 10.2. The molecule has 0 aliphatic carbocycles. The molecule has 0 saturated carbocycles. The summed E-state index contributed by atoms with van der Waals surface area (Å²) >= 11 is 15.2. The maximum atomic E-state index is 8.92. The number of hydrogen-bond acceptors (Lipinski definition) is 5. The minimum Gasteiger partial charge on any atom is -0.399 e. The molecule has 2 N–H and O–H groups in total. The number of aromatic nitrogens is 1. The Bertz CT molecular complexity index is 861. The maximum Gasteiger partial charge on any atom is 0.156 e. The van der Waals surface area contributed by atoms with E-state index < -0.39 is 0 Å². The molecular formula is C14H7Cl2N3S2. The molecule has 3 aromatic rings. The summed E-state index contributed by atoms with van der Waals surface area (Å²) in [5.41, 5.74) is 7.69. The first-order valence-corrected chi connectivity index (χ1v) is 8.19. The Morgan fingerprint density at radius 3 is 2.57 bits per heavy atom. The summed E-state index contributed by atoms with van der Waals surface area (Å²) in [4.78, 5) is 5.24. The van der Waals surface area contributed by atoms with Crippen LogP contribution in [0.2, 0.25) is 10.0 Å². The molecule has 104 valence electrons. The van der Waals surface area contributed by atoms with Crippen molar-refractivity contribution in [1.82, 2.24) is 4.98 Å². The third kappa shape index (κ3) is 2.94. The minimum atomic E-state index is 0.502. The molecule has 0 spiro atoms. The van der Waals surface area contributed by atoms with Gasteiger partial charge in [0.2, 0.25) is 0 Å². The normalized spacial score (nSPS) is 10.7. The van der Waals surface area contributed by atoms with Crippen molar-refractivity contribution >= 4 is 62.2 Å². The molecule has 0 aliphatic rings. The summed E-state index contributed by atoms with van der Waals surface area (Å²) in [7, 11) is 0. The van der Waals surface area contributed by atoms with Gasteiger partial charge in [-0.2, -0.15) is 5.26 Å². The van der Waals surface area contributed by atoms with Gasteiger partial charge < -0.3 is 5.73 Å². The van der Waals surface area contributed by atoms with Crippen LogP contribution in [0.4, 0.5) is 5.69 Å². The van der Waals surface area contributed by atoms with Crippen molar-refractivity contribution in [3.05, 3.63) is 45.9 Å². The number of anilines is 1. The Hall–Kier alpha value is -1.45. The first-order valence-electron chi connectivity index (χ1n) is 5.80. The van der Waals surface area contributed by atoms with Crippen molar-refractivity contribution in [2.24, 2.45) is 0 Å². The molecule has 1 heterocycles. The van der Waals surface area contributed by atoms with Crippen LogP contribution >= 0.6 is 46.3 Å². The summed E-state index contributed by atoms with van der Waals surface area (Å²) in [5, 5.41) is 9.92. The van der Waals surface area contributed by atoms with Gasteiger partial charge in [-0.1, -0.05) is 35.0 Å². The highest BCUT2D eigenvalue weighted by atomic mass is 35.5.